The minimum atomic E-state index is -2.08. The molecule has 4 N–H and O–H groups in total. The van der Waals surface area contributed by atoms with Crippen molar-refractivity contribution in [1.29, 1.82) is 0 Å². The molecule has 2 aromatic carbocycles. The highest BCUT2D eigenvalue weighted by Crippen LogP contribution is 2.34. The normalized spacial score (nSPS) is 20.9. The average molecular weight is 561 g/mol. The Balaban J connectivity index is 0.00000200. The first-order valence-electron chi connectivity index (χ1n) is 11.9. The zero-order valence-electron chi connectivity index (χ0n) is 20.7. The van der Waals surface area contributed by atoms with Crippen LogP contribution in [-0.2, 0) is 16.0 Å². The van der Waals surface area contributed by atoms with Crippen molar-refractivity contribution in [3.8, 4) is 16.9 Å². The van der Waals surface area contributed by atoms with Gasteiger partial charge in [0.1, 0.15) is 11.9 Å². The Morgan fingerprint density at radius 3 is 2.66 bits per heavy atom. The summed E-state index contributed by atoms with van der Waals surface area (Å²) in [7, 11) is 0. The Bertz CT molecular complexity index is 1290. The van der Waals surface area contributed by atoms with Gasteiger partial charge in [0.05, 0.1) is 11.8 Å². The highest BCUT2D eigenvalue weighted by molar-refractivity contribution is 6.20. The number of fused-ring (bicyclic) bond motifs is 1. The maximum absolute atomic E-state index is 12.4. The highest BCUT2D eigenvalue weighted by Gasteiger charge is 2.50. The van der Waals surface area contributed by atoms with E-state index in [0.29, 0.717) is 18.8 Å². The molecule has 0 spiro atoms. The van der Waals surface area contributed by atoms with Crippen LogP contribution in [0.5, 0.6) is 5.75 Å². The molecule has 0 bridgehead atoms. The molecule has 3 heterocycles. The molecule has 3 aromatic rings. The quantitative estimate of drug-likeness (QED) is 0.327. The van der Waals surface area contributed by atoms with E-state index in [4.69, 9.17) is 4.74 Å². The van der Waals surface area contributed by atoms with Gasteiger partial charge in [0.2, 0.25) is 5.60 Å². The molecule has 2 aliphatic rings. The number of hydrazine groups is 1. The molecule has 9 nitrogen and oxygen atoms in total. The van der Waals surface area contributed by atoms with Crippen LogP contribution in [0.1, 0.15) is 30.6 Å². The number of hydrogen-bond donors (Lipinski definition) is 4. The third-order valence-electron chi connectivity index (χ3n) is 6.58. The highest BCUT2D eigenvalue weighted by atomic mass is 35.5. The summed E-state index contributed by atoms with van der Waals surface area (Å²) in [5.41, 5.74) is 4.52. The van der Waals surface area contributed by atoms with Gasteiger partial charge in [-0.1, -0.05) is 24.3 Å². The summed E-state index contributed by atoms with van der Waals surface area (Å²) in [6.07, 6.45) is 4.42. The van der Waals surface area contributed by atoms with Crippen molar-refractivity contribution < 1.29 is 24.5 Å². The summed E-state index contributed by atoms with van der Waals surface area (Å²) < 4.78 is 6.18. The molecule has 38 heavy (non-hydrogen) atoms. The predicted octanol–water partition coefficient (Wildman–Crippen LogP) is 2.74. The van der Waals surface area contributed by atoms with E-state index in [1.54, 1.807) is 36.7 Å². The van der Waals surface area contributed by atoms with Crippen LogP contribution in [0, 0.1) is 0 Å². The number of aliphatic hydroxyl groups is 2. The van der Waals surface area contributed by atoms with Gasteiger partial charge in [-0.2, -0.15) is 0 Å². The van der Waals surface area contributed by atoms with Gasteiger partial charge in [-0.25, -0.2) is 5.01 Å². The first-order chi connectivity index (χ1) is 17.3. The second-order valence-corrected chi connectivity index (χ2v) is 9.27. The maximum atomic E-state index is 12.4. The van der Waals surface area contributed by atoms with Crippen LogP contribution in [0.2, 0.25) is 0 Å². The Labute approximate surface area is 233 Å². The second-order valence-electron chi connectivity index (χ2n) is 9.27. The molecule has 1 fully saturated rings. The van der Waals surface area contributed by atoms with E-state index in [1.807, 2.05) is 24.3 Å². The third-order valence-corrected chi connectivity index (χ3v) is 6.58. The largest absolute Gasteiger partial charge is 0.489 e. The number of halogens is 2. The van der Waals surface area contributed by atoms with Gasteiger partial charge in [-0.3, -0.25) is 20.0 Å². The number of hydrogen-bond acceptors (Lipinski definition) is 7. The zero-order chi connectivity index (χ0) is 25.3. The summed E-state index contributed by atoms with van der Waals surface area (Å²) >= 11 is 0. The van der Waals surface area contributed by atoms with Gasteiger partial charge < -0.3 is 20.3 Å². The van der Waals surface area contributed by atoms with Gasteiger partial charge in [-0.05, 0) is 66.8 Å². The summed E-state index contributed by atoms with van der Waals surface area (Å²) in [5.74, 6) is -0.630. The molecule has 0 aliphatic carbocycles. The van der Waals surface area contributed by atoms with Gasteiger partial charge in [0, 0.05) is 31.0 Å². The first-order valence-corrected chi connectivity index (χ1v) is 11.9. The number of ether oxygens (including phenoxy) is 1. The van der Waals surface area contributed by atoms with Gasteiger partial charge in [0.25, 0.3) is 11.8 Å². The van der Waals surface area contributed by atoms with Crippen molar-refractivity contribution in [2.75, 3.05) is 18.1 Å². The lowest BCUT2D eigenvalue weighted by Crippen LogP contribution is -2.40. The summed E-state index contributed by atoms with van der Waals surface area (Å²) in [5, 5.41) is 24.8. The maximum Gasteiger partial charge on any atom is 0.287 e. The van der Waals surface area contributed by atoms with E-state index in [2.05, 4.69) is 21.8 Å². The lowest BCUT2D eigenvalue weighted by molar-refractivity contribution is -0.142. The number of rotatable bonds is 7. The van der Waals surface area contributed by atoms with Crippen molar-refractivity contribution >= 4 is 42.3 Å². The van der Waals surface area contributed by atoms with Crippen LogP contribution < -0.4 is 20.5 Å². The first kappa shape index (κ1) is 29.3. The molecule has 11 heteroatoms. The Morgan fingerprint density at radius 2 is 1.95 bits per heavy atom. The van der Waals surface area contributed by atoms with Gasteiger partial charge in [-0.15, -0.1) is 24.8 Å². The summed E-state index contributed by atoms with van der Waals surface area (Å²) in [6.45, 7) is 2.23. The molecule has 1 unspecified atom stereocenters. The SMILES string of the molecule is CC1(O)C(=O)NN(c2cccc(-c3ccc4c(c3)CC[C@@H](CNC[C@H](O)c3cccnc3)O4)c2)C1=O.Cl.Cl. The summed E-state index contributed by atoms with van der Waals surface area (Å²) in [6, 6.07) is 16.9. The standard InChI is InChI=1S/C27H28N4O5.2ClH/c1-27(35)25(33)30-31(26(27)34)21-6-2-4-17(13-21)18-8-10-24-19(12-18)7-9-22(36-24)15-29-16-23(32)20-5-3-11-28-14-20;;/h2-6,8,10-14,22-23,29,32,35H,7,9,15-16H2,1H3,(H,30,33);2*1H/t22-,23-,27?;;/m0../s1. The Morgan fingerprint density at radius 1 is 1.16 bits per heavy atom. The zero-order valence-corrected chi connectivity index (χ0v) is 22.3. The van der Waals surface area contributed by atoms with Crippen LogP contribution in [0.25, 0.3) is 11.1 Å². The lowest BCUT2D eigenvalue weighted by atomic mass is 9.96. The van der Waals surface area contributed by atoms with Crippen LogP contribution in [-0.4, -0.2) is 51.8 Å². The number of aliphatic hydroxyl groups excluding tert-OH is 1. The number of pyridine rings is 1. The average Bonchev–Trinajstić information content (AvgIpc) is 3.11. The van der Waals surface area contributed by atoms with E-state index in [1.165, 1.54) is 6.92 Å². The molecule has 3 atom stereocenters. The molecular formula is C27H30Cl2N4O5. The number of benzene rings is 2. The molecule has 2 aliphatic heterocycles. The van der Waals surface area contributed by atoms with E-state index in [9.17, 15) is 19.8 Å². The van der Waals surface area contributed by atoms with E-state index in [-0.39, 0.29) is 30.9 Å². The monoisotopic (exact) mass is 560 g/mol. The predicted molar refractivity (Wildman–Crippen MR) is 147 cm³/mol. The van der Waals surface area contributed by atoms with Crippen LogP contribution in [0.4, 0.5) is 5.69 Å². The summed E-state index contributed by atoms with van der Waals surface area (Å²) in [4.78, 5) is 28.4. The topological polar surface area (TPSA) is 124 Å². The third kappa shape index (κ3) is 5.92. The molecule has 1 aromatic heterocycles. The Kier molecular flexibility index (Phi) is 9.35. The Hall–Kier alpha value is -3.21. The smallest absolute Gasteiger partial charge is 0.287 e. The second kappa shape index (κ2) is 12.1. The molecule has 2 amide bonds. The number of aryl methyl sites for hydroxylation is 1. The molecule has 1 saturated heterocycles. The minimum absolute atomic E-state index is 0. The van der Waals surface area contributed by atoms with Crippen molar-refractivity contribution in [2.24, 2.45) is 0 Å². The van der Waals surface area contributed by atoms with Crippen LogP contribution in [0.15, 0.2) is 67.0 Å². The van der Waals surface area contributed by atoms with Crippen LogP contribution >= 0.6 is 24.8 Å². The molecule has 0 radical (unpaired) electrons. The van der Waals surface area contributed by atoms with Gasteiger partial charge >= 0.3 is 0 Å². The minimum Gasteiger partial charge on any atom is -0.489 e. The van der Waals surface area contributed by atoms with Crippen molar-refractivity contribution in [1.82, 2.24) is 15.7 Å². The fourth-order valence-electron chi connectivity index (χ4n) is 4.42. The number of nitrogens with one attached hydrogen (secondary N) is 2. The fourth-order valence-corrected chi connectivity index (χ4v) is 4.42. The number of nitrogens with zero attached hydrogens (tertiary/aromatic N) is 2. The lowest BCUT2D eigenvalue weighted by Gasteiger charge is -2.27. The van der Waals surface area contributed by atoms with Crippen molar-refractivity contribution in [3.63, 3.8) is 0 Å². The van der Waals surface area contributed by atoms with Crippen molar-refractivity contribution in [2.45, 2.75) is 37.6 Å². The van der Waals surface area contributed by atoms with Gasteiger partial charge in [0.15, 0.2) is 0 Å². The van der Waals surface area contributed by atoms with Crippen LogP contribution in [0.3, 0.4) is 0 Å². The molecule has 0 saturated carbocycles. The number of carbonyl (C=O) groups is 2. The molecular weight excluding hydrogens is 531 g/mol. The number of aromatic nitrogens is 1. The number of amides is 2. The van der Waals surface area contributed by atoms with Crippen molar-refractivity contribution in [3.05, 3.63) is 78.1 Å². The van der Waals surface area contributed by atoms with E-state index < -0.39 is 23.5 Å². The van der Waals surface area contributed by atoms with E-state index in [0.717, 1.165) is 45.9 Å². The molecule has 5 rings (SSSR count). The molecule has 202 valence electrons. The number of carbonyl (C=O) groups excluding carboxylic acids is 2. The van der Waals surface area contributed by atoms with E-state index >= 15 is 0 Å². The fraction of sp³-hybridized carbons (Fsp3) is 0.296. The number of anilines is 1.